The summed E-state index contributed by atoms with van der Waals surface area (Å²) < 4.78 is 14.5. The number of alkyl halides is 1. The molecule has 14 heavy (non-hydrogen) atoms. The molecule has 0 amide bonds. The van der Waals surface area contributed by atoms with E-state index in [-0.39, 0.29) is 6.04 Å². The van der Waals surface area contributed by atoms with E-state index in [9.17, 15) is 4.39 Å². The molecule has 1 nitrogen and oxygen atoms in total. The van der Waals surface area contributed by atoms with E-state index < -0.39 is 5.67 Å². The third kappa shape index (κ3) is 2.00. The van der Waals surface area contributed by atoms with E-state index >= 15 is 0 Å². The van der Waals surface area contributed by atoms with Crippen molar-refractivity contribution >= 4 is 0 Å². The van der Waals surface area contributed by atoms with Gasteiger partial charge in [0.2, 0.25) is 0 Å². The number of allylic oxidation sites excluding steroid dienone is 2. The Hall–Kier alpha value is -0.370. The van der Waals surface area contributed by atoms with Crippen molar-refractivity contribution in [1.82, 2.24) is 0 Å². The van der Waals surface area contributed by atoms with Gasteiger partial charge in [0.05, 0.1) is 0 Å². The minimum atomic E-state index is -0.990. The van der Waals surface area contributed by atoms with E-state index in [1.54, 1.807) is 0 Å². The van der Waals surface area contributed by atoms with Crippen molar-refractivity contribution in [3.63, 3.8) is 0 Å². The second kappa shape index (κ2) is 4.01. The highest BCUT2D eigenvalue weighted by molar-refractivity contribution is 5.20. The van der Waals surface area contributed by atoms with Gasteiger partial charge >= 0.3 is 0 Å². The summed E-state index contributed by atoms with van der Waals surface area (Å²) in [6.45, 7) is 0. The molecule has 2 rings (SSSR count). The molecule has 2 N–H and O–H groups in total. The summed E-state index contributed by atoms with van der Waals surface area (Å²) in [5.41, 5.74) is 5.89. The second-order valence-electron chi connectivity index (χ2n) is 4.78. The van der Waals surface area contributed by atoms with Crippen LogP contribution in [0.1, 0.15) is 51.4 Å². The summed E-state index contributed by atoms with van der Waals surface area (Å²) in [5, 5.41) is 0. The van der Waals surface area contributed by atoms with Crippen LogP contribution in [0.15, 0.2) is 11.6 Å². The predicted octanol–water partition coefficient (Wildman–Crippen LogP) is 3.10. The first-order valence-corrected chi connectivity index (χ1v) is 5.85. The largest absolute Gasteiger partial charge is 0.328 e. The number of hydrogen-bond donors (Lipinski definition) is 1. The van der Waals surface area contributed by atoms with Crippen LogP contribution in [0, 0.1) is 0 Å². The Morgan fingerprint density at radius 3 is 2.57 bits per heavy atom. The van der Waals surface area contributed by atoms with E-state index in [1.165, 1.54) is 12.8 Å². The number of hydrogen-bond acceptors (Lipinski definition) is 1. The maximum Gasteiger partial charge on any atom is 0.132 e. The topological polar surface area (TPSA) is 26.0 Å². The molecular weight excluding hydrogens is 177 g/mol. The number of halogens is 1. The highest BCUT2D eigenvalue weighted by Crippen LogP contribution is 2.41. The molecule has 0 aromatic rings. The zero-order valence-electron chi connectivity index (χ0n) is 8.77. The normalized spacial score (nSPS) is 39.3. The first-order chi connectivity index (χ1) is 6.71. The minimum absolute atomic E-state index is 0.239. The lowest BCUT2D eigenvalue weighted by molar-refractivity contribution is 0.133. The van der Waals surface area contributed by atoms with E-state index in [4.69, 9.17) is 5.73 Å². The zero-order chi connectivity index (χ0) is 10.0. The van der Waals surface area contributed by atoms with Gasteiger partial charge in [-0.3, -0.25) is 0 Å². The van der Waals surface area contributed by atoms with Gasteiger partial charge < -0.3 is 5.73 Å². The van der Waals surface area contributed by atoms with Gasteiger partial charge in [0.15, 0.2) is 0 Å². The molecule has 0 radical (unpaired) electrons. The fourth-order valence-electron chi connectivity index (χ4n) is 2.66. The minimum Gasteiger partial charge on any atom is -0.328 e. The molecule has 80 valence electrons. The maximum absolute atomic E-state index is 14.5. The van der Waals surface area contributed by atoms with Crippen LogP contribution >= 0.6 is 0 Å². The summed E-state index contributed by atoms with van der Waals surface area (Å²) in [4.78, 5) is 0. The van der Waals surface area contributed by atoms with Crippen LogP contribution in [-0.2, 0) is 0 Å². The quantitative estimate of drug-likeness (QED) is 0.642. The molecule has 0 atom stereocenters. The smallest absolute Gasteiger partial charge is 0.132 e. The molecule has 2 aliphatic carbocycles. The van der Waals surface area contributed by atoms with Crippen molar-refractivity contribution in [1.29, 1.82) is 0 Å². The molecule has 0 aliphatic heterocycles. The van der Waals surface area contributed by atoms with Gasteiger partial charge in [-0.05, 0) is 56.9 Å². The molecule has 0 heterocycles. The van der Waals surface area contributed by atoms with Crippen LogP contribution in [0.4, 0.5) is 4.39 Å². The highest BCUT2D eigenvalue weighted by Gasteiger charge is 2.37. The third-order valence-electron chi connectivity index (χ3n) is 3.69. The van der Waals surface area contributed by atoms with Gasteiger partial charge in [0.1, 0.15) is 5.67 Å². The molecule has 1 fully saturated rings. The predicted molar refractivity (Wildman–Crippen MR) is 56.8 cm³/mol. The van der Waals surface area contributed by atoms with Gasteiger partial charge in [-0.1, -0.05) is 6.08 Å². The Morgan fingerprint density at radius 1 is 1.29 bits per heavy atom. The fraction of sp³-hybridized carbons (Fsp3) is 0.833. The first-order valence-electron chi connectivity index (χ1n) is 5.85. The van der Waals surface area contributed by atoms with Gasteiger partial charge in [-0.15, -0.1) is 0 Å². The van der Waals surface area contributed by atoms with Crippen LogP contribution in [0.25, 0.3) is 0 Å². The first kappa shape index (κ1) is 10.2. The Labute approximate surface area is 85.6 Å². The Bertz CT molecular complexity index is 226. The van der Waals surface area contributed by atoms with Crippen molar-refractivity contribution in [2.24, 2.45) is 5.73 Å². The molecule has 1 saturated carbocycles. The Morgan fingerprint density at radius 2 is 2.00 bits per heavy atom. The van der Waals surface area contributed by atoms with E-state index in [0.717, 1.165) is 31.3 Å². The lowest BCUT2D eigenvalue weighted by Crippen LogP contribution is -2.37. The molecular formula is C12H20FN. The summed E-state index contributed by atoms with van der Waals surface area (Å²) in [7, 11) is 0. The van der Waals surface area contributed by atoms with Crippen LogP contribution in [0.5, 0.6) is 0 Å². The van der Waals surface area contributed by atoms with Crippen LogP contribution < -0.4 is 5.73 Å². The van der Waals surface area contributed by atoms with E-state index in [0.29, 0.717) is 12.8 Å². The highest BCUT2D eigenvalue weighted by atomic mass is 19.1. The average molecular weight is 197 g/mol. The Kier molecular flexibility index (Phi) is 2.91. The van der Waals surface area contributed by atoms with Gasteiger partial charge in [-0.2, -0.15) is 0 Å². The molecule has 2 heteroatoms. The average Bonchev–Trinajstić information content (AvgIpc) is 2.24. The molecule has 0 bridgehead atoms. The third-order valence-corrected chi connectivity index (χ3v) is 3.69. The Balaban J connectivity index is 2.04. The fourth-order valence-corrected chi connectivity index (χ4v) is 2.66. The lowest BCUT2D eigenvalue weighted by Gasteiger charge is -2.35. The van der Waals surface area contributed by atoms with Gasteiger partial charge in [0, 0.05) is 6.04 Å². The number of rotatable bonds is 1. The van der Waals surface area contributed by atoms with Crippen LogP contribution in [0.2, 0.25) is 0 Å². The van der Waals surface area contributed by atoms with E-state index in [1.807, 2.05) is 0 Å². The maximum atomic E-state index is 14.5. The summed E-state index contributed by atoms with van der Waals surface area (Å²) in [6, 6.07) is 0.239. The molecule has 0 spiro atoms. The molecule has 0 aromatic carbocycles. The van der Waals surface area contributed by atoms with Crippen molar-refractivity contribution in [2.45, 2.75) is 63.1 Å². The van der Waals surface area contributed by atoms with Crippen molar-refractivity contribution < 1.29 is 4.39 Å². The summed E-state index contributed by atoms with van der Waals surface area (Å²) >= 11 is 0. The van der Waals surface area contributed by atoms with Gasteiger partial charge in [0.25, 0.3) is 0 Å². The van der Waals surface area contributed by atoms with Crippen molar-refractivity contribution in [3.05, 3.63) is 11.6 Å². The van der Waals surface area contributed by atoms with Gasteiger partial charge in [-0.25, -0.2) is 4.39 Å². The zero-order valence-corrected chi connectivity index (χ0v) is 8.77. The van der Waals surface area contributed by atoms with Crippen molar-refractivity contribution in [3.8, 4) is 0 Å². The monoisotopic (exact) mass is 197 g/mol. The summed E-state index contributed by atoms with van der Waals surface area (Å²) in [5.74, 6) is 0. The van der Waals surface area contributed by atoms with Crippen molar-refractivity contribution in [2.75, 3.05) is 0 Å². The lowest BCUT2D eigenvalue weighted by atomic mass is 9.76. The standard InChI is InChI=1S/C12H20FN/c13-12(8-6-11(14)7-9-12)10-4-2-1-3-5-10/h4,11H,1-3,5-9,14H2. The van der Waals surface area contributed by atoms with Crippen LogP contribution in [0.3, 0.4) is 0 Å². The SMILES string of the molecule is NC1CCC(F)(C2=CCCCC2)CC1. The molecule has 2 aliphatic rings. The van der Waals surface area contributed by atoms with Crippen LogP contribution in [-0.4, -0.2) is 11.7 Å². The summed E-state index contributed by atoms with van der Waals surface area (Å²) in [6.07, 6.45) is 9.61. The number of nitrogens with two attached hydrogens (primary N) is 1. The molecule has 0 saturated heterocycles. The molecule has 0 unspecified atom stereocenters. The van der Waals surface area contributed by atoms with E-state index in [2.05, 4.69) is 6.08 Å². The second-order valence-corrected chi connectivity index (χ2v) is 4.78. The molecule has 0 aromatic heterocycles.